The van der Waals surface area contributed by atoms with Gasteiger partial charge in [-0.2, -0.15) is 0 Å². The van der Waals surface area contributed by atoms with Gasteiger partial charge in [-0.05, 0) is 25.5 Å². The van der Waals surface area contributed by atoms with Gasteiger partial charge < -0.3 is 19.9 Å². The summed E-state index contributed by atoms with van der Waals surface area (Å²) in [4.78, 5) is 4.59. The smallest absolute Gasteiger partial charge is 0.191 e. The van der Waals surface area contributed by atoms with Crippen LogP contribution in [0.25, 0.3) is 0 Å². The largest absolute Gasteiger partial charge is 0.383 e. The quantitative estimate of drug-likeness (QED) is 0.272. The van der Waals surface area contributed by atoms with Crippen LogP contribution in [0.2, 0.25) is 0 Å². The summed E-state index contributed by atoms with van der Waals surface area (Å²) >= 11 is 1.65. The first-order valence-electron chi connectivity index (χ1n) is 8.59. The monoisotopic (exact) mass is 356 g/mol. The predicted molar refractivity (Wildman–Crippen MR) is 101 cm³/mol. The Morgan fingerprint density at radius 2 is 2.12 bits per heavy atom. The van der Waals surface area contributed by atoms with Crippen molar-refractivity contribution in [1.82, 2.24) is 25.4 Å². The number of aryl methyl sites for hydroxylation is 1. The molecule has 8 heteroatoms. The van der Waals surface area contributed by atoms with E-state index >= 15 is 0 Å². The highest BCUT2D eigenvalue weighted by molar-refractivity contribution is 7.98. The minimum Gasteiger partial charge on any atom is -0.383 e. The molecule has 0 aliphatic rings. The van der Waals surface area contributed by atoms with Crippen LogP contribution in [0.3, 0.4) is 0 Å². The lowest BCUT2D eigenvalue weighted by Crippen LogP contribution is -2.39. The lowest BCUT2D eigenvalue weighted by Gasteiger charge is -2.12. The van der Waals surface area contributed by atoms with Crippen molar-refractivity contribution in [1.29, 1.82) is 0 Å². The molecule has 0 aliphatic carbocycles. The van der Waals surface area contributed by atoms with Crippen molar-refractivity contribution in [3.63, 3.8) is 0 Å². The second-order valence-electron chi connectivity index (χ2n) is 5.89. The first kappa shape index (κ1) is 20.8. The van der Waals surface area contributed by atoms with E-state index in [1.54, 1.807) is 18.9 Å². The van der Waals surface area contributed by atoms with Crippen LogP contribution in [-0.2, 0) is 17.7 Å². The zero-order valence-corrected chi connectivity index (χ0v) is 16.4. The molecule has 0 aliphatic heterocycles. The van der Waals surface area contributed by atoms with Crippen LogP contribution in [0.5, 0.6) is 0 Å². The number of ether oxygens (including phenoxy) is 1. The molecule has 1 rings (SSSR count). The normalized spacial score (nSPS) is 12.0. The molecule has 0 saturated carbocycles. The van der Waals surface area contributed by atoms with Crippen molar-refractivity contribution in [2.75, 3.05) is 39.6 Å². The van der Waals surface area contributed by atoms with E-state index in [9.17, 15) is 0 Å². The Balaban J connectivity index is 2.53. The third-order valence-corrected chi connectivity index (χ3v) is 3.96. The molecule has 24 heavy (non-hydrogen) atoms. The van der Waals surface area contributed by atoms with E-state index in [0.29, 0.717) is 12.5 Å². The molecule has 0 atom stereocenters. The Bertz CT molecular complexity index is 489. The first-order chi connectivity index (χ1) is 11.6. The molecule has 1 heterocycles. The number of thioether (sulfide) groups is 1. The van der Waals surface area contributed by atoms with Gasteiger partial charge >= 0.3 is 0 Å². The molecule has 0 unspecified atom stereocenters. The van der Waals surface area contributed by atoms with Gasteiger partial charge in [-0.3, -0.25) is 4.99 Å². The standard InChI is InChI=1S/C16H32N6OS/c1-6-17-15(19-10-11-23-4)18-9-7-8-14-20-21-16(24-5)22(14)12-13(2)3/h13H,6-12H2,1-5H3,(H2,17,18,19). The molecule has 0 fully saturated rings. The van der Waals surface area contributed by atoms with Gasteiger partial charge in [0.05, 0.1) is 6.61 Å². The SMILES string of the molecule is CCNC(=NCCCc1nnc(SC)n1CC(C)C)NCCOC. The fourth-order valence-electron chi connectivity index (χ4n) is 2.24. The van der Waals surface area contributed by atoms with E-state index in [0.717, 1.165) is 56.0 Å². The Morgan fingerprint density at radius 3 is 2.75 bits per heavy atom. The molecule has 0 spiro atoms. The van der Waals surface area contributed by atoms with Crippen LogP contribution in [0.15, 0.2) is 10.1 Å². The molecular formula is C16H32N6OS. The van der Waals surface area contributed by atoms with Crippen LogP contribution in [0.4, 0.5) is 0 Å². The van der Waals surface area contributed by atoms with E-state index in [4.69, 9.17) is 4.74 Å². The lowest BCUT2D eigenvalue weighted by molar-refractivity contribution is 0.203. The highest BCUT2D eigenvalue weighted by Gasteiger charge is 2.12. The van der Waals surface area contributed by atoms with E-state index in [-0.39, 0.29) is 0 Å². The molecule has 2 N–H and O–H groups in total. The summed E-state index contributed by atoms with van der Waals surface area (Å²) in [5.41, 5.74) is 0. The van der Waals surface area contributed by atoms with E-state index in [1.165, 1.54) is 0 Å². The van der Waals surface area contributed by atoms with Gasteiger partial charge in [-0.15, -0.1) is 10.2 Å². The lowest BCUT2D eigenvalue weighted by atomic mass is 10.2. The van der Waals surface area contributed by atoms with Crippen molar-refractivity contribution >= 4 is 17.7 Å². The van der Waals surface area contributed by atoms with E-state index in [2.05, 4.69) is 51.2 Å². The highest BCUT2D eigenvalue weighted by Crippen LogP contribution is 2.16. The van der Waals surface area contributed by atoms with Gasteiger partial charge in [0.1, 0.15) is 5.82 Å². The molecule has 7 nitrogen and oxygen atoms in total. The van der Waals surface area contributed by atoms with Gasteiger partial charge in [0.2, 0.25) is 0 Å². The van der Waals surface area contributed by atoms with Crippen LogP contribution in [-0.4, -0.2) is 60.3 Å². The number of aliphatic imine (C=N–C) groups is 1. The average molecular weight is 357 g/mol. The minimum absolute atomic E-state index is 0.578. The Labute approximate surface area is 150 Å². The molecule has 0 radical (unpaired) electrons. The van der Waals surface area contributed by atoms with Gasteiger partial charge in [0, 0.05) is 39.7 Å². The van der Waals surface area contributed by atoms with Crippen molar-refractivity contribution in [2.45, 2.75) is 45.3 Å². The third kappa shape index (κ3) is 7.53. The second kappa shape index (κ2) is 12.1. The van der Waals surface area contributed by atoms with Gasteiger partial charge in [-0.1, -0.05) is 25.6 Å². The van der Waals surface area contributed by atoms with Crippen molar-refractivity contribution in [2.24, 2.45) is 10.9 Å². The Hall–Kier alpha value is -1.28. The topological polar surface area (TPSA) is 76.4 Å². The maximum Gasteiger partial charge on any atom is 0.191 e. The fourth-order valence-corrected chi connectivity index (χ4v) is 2.77. The molecule has 1 aromatic heterocycles. The summed E-state index contributed by atoms with van der Waals surface area (Å²) in [5.74, 6) is 2.47. The summed E-state index contributed by atoms with van der Waals surface area (Å²) in [6.45, 7) is 10.5. The minimum atomic E-state index is 0.578. The Kier molecular flexibility index (Phi) is 10.5. The van der Waals surface area contributed by atoms with Gasteiger partial charge in [0.15, 0.2) is 11.1 Å². The summed E-state index contributed by atoms with van der Waals surface area (Å²) in [6, 6.07) is 0. The van der Waals surface area contributed by atoms with Crippen molar-refractivity contribution in [3.8, 4) is 0 Å². The number of aromatic nitrogens is 3. The molecule has 0 amide bonds. The third-order valence-electron chi connectivity index (χ3n) is 3.30. The predicted octanol–water partition coefficient (Wildman–Crippen LogP) is 1.79. The zero-order chi connectivity index (χ0) is 17.8. The Morgan fingerprint density at radius 1 is 1.33 bits per heavy atom. The number of hydrogen-bond acceptors (Lipinski definition) is 5. The summed E-state index contributed by atoms with van der Waals surface area (Å²) in [5, 5.41) is 16.1. The molecule has 138 valence electrons. The van der Waals surface area contributed by atoms with Crippen LogP contribution >= 0.6 is 11.8 Å². The van der Waals surface area contributed by atoms with E-state index < -0.39 is 0 Å². The zero-order valence-electron chi connectivity index (χ0n) is 15.6. The van der Waals surface area contributed by atoms with Crippen LogP contribution in [0.1, 0.15) is 33.0 Å². The molecular weight excluding hydrogens is 324 g/mol. The number of hydrogen-bond donors (Lipinski definition) is 2. The highest BCUT2D eigenvalue weighted by atomic mass is 32.2. The second-order valence-corrected chi connectivity index (χ2v) is 6.66. The summed E-state index contributed by atoms with van der Waals surface area (Å²) < 4.78 is 7.28. The van der Waals surface area contributed by atoms with E-state index in [1.807, 2.05) is 6.26 Å². The van der Waals surface area contributed by atoms with Gasteiger partial charge in [-0.25, -0.2) is 0 Å². The number of nitrogens with one attached hydrogen (secondary N) is 2. The number of methoxy groups -OCH3 is 1. The van der Waals surface area contributed by atoms with Crippen LogP contribution in [0, 0.1) is 5.92 Å². The summed E-state index contributed by atoms with van der Waals surface area (Å²) in [7, 11) is 1.70. The van der Waals surface area contributed by atoms with Crippen LogP contribution < -0.4 is 10.6 Å². The maximum atomic E-state index is 5.05. The molecule has 0 bridgehead atoms. The molecule has 1 aromatic rings. The first-order valence-corrected chi connectivity index (χ1v) is 9.82. The van der Waals surface area contributed by atoms with Crippen molar-refractivity contribution in [3.05, 3.63) is 5.82 Å². The number of guanidine groups is 1. The average Bonchev–Trinajstić information content (AvgIpc) is 2.93. The summed E-state index contributed by atoms with van der Waals surface area (Å²) in [6.07, 6.45) is 3.88. The maximum absolute atomic E-state index is 5.05. The van der Waals surface area contributed by atoms with Crippen molar-refractivity contribution < 1.29 is 4.74 Å². The number of nitrogens with zero attached hydrogens (tertiary/aromatic N) is 4. The molecule has 0 saturated heterocycles. The number of rotatable bonds is 11. The fraction of sp³-hybridized carbons (Fsp3) is 0.812. The molecule has 0 aromatic carbocycles. The van der Waals surface area contributed by atoms with Gasteiger partial charge in [0.25, 0.3) is 0 Å².